The van der Waals surface area contributed by atoms with Gasteiger partial charge in [0.25, 0.3) is 5.91 Å². The van der Waals surface area contributed by atoms with Crippen LogP contribution in [0.2, 0.25) is 0 Å². The number of aryl methyl sites for hydroxylation is 1. The van der Waals surface area contributed by atoms with Crippen molar-refractivity contribution < 1.29 is 18.0 Å². The van der Waals surface area contributed by atoms with Crippen molar-refractivity contribution in [2.24, 2.45) is 0 Å². The lowest BCUT2D eigenvalue weighted by atomic mass is 9.90. The molecule has 0 aliphatic carbocycles. The van der Waals surface area contributed by atoms with Crippen molar-refractivity contribution in [3.8, 4) is 11.3 Å². The molecule has 2 aromatic carbocycles. The monoisotopic (exact) mass is 479 g/mol. The normalized spacial score (nSPS) is 18.8. The van der Waals surface area contributed by atoms with E-state index in [4.69, 9.17) is 0 Å². The number of hydrogen-bond acceptors (Lipinski definition) is 4. The first-order valence-electron chi connectivity index (χ1n) is 11.3. The average molecular weight is 480 g/mol. The second kappa shape index (κ2) is 8.81. The molecule has 2 N–H and O–H groups in total. The highest BCUT2D eigenvalue weighted by Crippen LogP contribution is 2.38. The molecule has 0 bridgehead atoms. The molecule has 180 valence electrons. The van der Waals surface area contributed by atoms with E-state index < -0.39 is 23.7 Å². The van der Waals surface area contributed by atoms with Crippen molar-refractivity contribution >= 4 is 16.8 Å². The zero-order valence-electron chi connectivity index (χ0n) is 19.2. The van der Waals surface area contributed by atoms with E-state index in [0.717, 1.165) is 28.2 Å². The number of benzene rings is 2. The highest BCUT2D eigenvalue weighted by atomic mass is 19.4. The van der Waals surface area contributed by atoms with Gasteiger partial charge in [-0.05, 0) is 55.9 Å². The summed E-state index contributed by atoms with van der Waals surface area (Å²) in [5.74, 6) is -0.811. The van der Waals surface area contributed by atoms with Crippen LogP contribution in [0.3, 0.4) is 0 Å². The first-order valence-corrected chi connectivity index (χ1v) is 11.3. The van der Waals surface area contributed by atoms with E-state index in [2.05, 4.69) is 20.5 Å². The Morgan fingerprint density at radius 3 is 2.69 bits per heavy atom. The number of alkyl halides is 3. The van der Waals surface area contributed by atoms with E-state index in [1.54, 1.807) is 30.5 Å². The van der Waals surface area contributed by atoms with Gasteiger partial charge in [0.05, 0.1) is 11.1 Å². The van der Waals surface area contributed by atoms with Gasteiger partial charge < -0.3 is 10.2 Å². The van der Waals surface area contributed by atoms with Gasteiger partial charge in [0.1, 0.15) is 5.69 Å². The van der Waals surface area contributed by atoms with Crippen LogP contribution in [0.15, 0.2) is 60.8 Å². The number of aromatic nitrogens is 3. The van der Waals surface area contributed by atoms with Gasteiger partial charge in [0.2, 0.25) is 0 Å². The lowest BCUT2D eigenvalue weighted by molar-refractivity contribution is -0.138. The molecule has 0 unspecified atom stereocenters. The molecular weight excluding hydrogens is 455 g/mol. The Kier molecular flexibility index (Phi) is 5.80. The van der Waals surface area contributed by atoms with Crippen LogP contribution in [-0.2, 0) is 6.18 Å². The number of pyridine rings is 1. The smallest absolute Gasteiger partial charge is 0.347 e. The lowest BCUT2D eigenvalue weighted by Gasteiger charge is -2.23. The summed E-state index contributed by atoms with van der Waals surface area (Å²) in [7, 11) is 1.84. The molecule has 1 aliphatic rings. The summed E-state index contributed by atoms with van der Waals surface area (Å²) in [6.07, 6.45) is -2.75. The molecule has 2 atom stereocenters. The van der Waals surface area contributed by atoms with E-state index in [1.165, 1.54) is 12.1 Å². The van der Waals surface area contributed by atoms with Crippen LogP contribution in [0.5, 0.6) is 0 Å². The van der Waals surface area contributed by atoms with E-state index in [-0.39, 0.29) is 11.5 Å². The van der Waals surface area contributed by atoms with E-state index >= 15 is 0 Å². The molecule has 3 heterocycles. The van der Waals surface area contributed by atoms with Crippen molar-refractivity contribution in [3.63, 3.8) is 0 Å². The van der Waals surface area contributed by atoms with Crippen molar-refractivity contribution in [3.05, 3.63) is 83.2 Å². The van der Waals surface area contributed by atoms with E-state index in [0.29, 0.717) is 24.3 Å². The number of likely N-dealkylation sites (tertiary alicyclic amines) is 1. The second-order valence-corrected chi connectivity index (χ2v) is 9.01. The highest BCUT2D eigenvalue weighted by molar-refractivity contribution is 6.01. The van der Waals surface area contributed by atoms with Gasteiger partial charge >= 0.3 is 6.18 Å². The molecular formula is C26H24F3N5O. The Labute approximate surface area is 200 Å². The zero-order chi connectivity index (χ0) is 24.7. The van der Waals surface area contributed by atoms with Crippen molar-refractivity contribution in [2.45, 2.75) is 25.1 Å². The fraction of sp³-hybridized carbons (Fsp3) is 0.269. The van der Waals surface area contributed by atoms with Crippen LogP contribution in [0.4, 0.5) is 13.2 Å². The molecule has 1 fully saturated rings. The SMILES string of the molecule is Cc1cc(-c2n[nH]c3ccc(C(=O)N[C@@H]4CN(C)C[C@H]4c4ccccc4C(F)(F)F)cc23)ccn1. The summed E-state index contributed by atoms with van der Waals surface area (Å²) in [5.41, 5.74) is 3.18. The molecule has 0 radical (unpaired) electrons. The zero-order valence-corrected chi connectivity index (χ0v) is 19.2. The maximum atomic E-state index is 13.7. The number of carbonyl (C=O) groups excluding carboxylic acids is 1. The molecule has 2 aromatic heterocycles. The number of nitrogens with zero attached hydrogens (tertiary/aromatic N) is 3. The quantitative estimate of drug-likeness (QED) is 0.442. The van der Waals surface area contributed by atoms with Crippen molar-refractivity contribution in [1.29, 1.82) is 0 Å². The van der Waals surface area contributed by atoms with Gasteiger partial charge in [-0.1, -0.05) is 18.2 Å². The lowest BCUT2D eigenvalue weighted by Crippen LogP contribution is -2.40. The third-order valence-corrected chi connectivity index (χ3v) is 6.48. The summed E-state index contributed by atoms with van der Waals surface area (Å²) in [6.45, 7) is 2.77. The van der Waals surface area contributed by atoms with Crippen LogP contribution < -0.4 is 5.32 Å². The highest BCUT2D eigenvalue weighted by Gasteiger charge is 2.40. The number of halogens is 3. The van der Waals surface area contributed by atoms with Crippen LogP contribution >= 0.6 is 0 Å². The molecule has 9 heteroatoms. The average Bonchev–Trinajstić information content (AvgIpc) is 3.41. The van der Waals surface area contributed by atoms with Crippen LogP contribution in [0, 0.1) is 6.92 Å². The standard InChI is InChI=1S/C26H24F3N5O/c1-15-11-16(9-10-30-15)24-19-12-17(7-8-22(19)32-33-24)25(35)31-23-14-34(2)13-20(23)18-5-3-4-6-21(18)26(27,28)29/h3-12,20,23H,13-14H2,1-2H3,(H,31,35)(H,32,33)/t20-,23+/m0/s1. The first kappa shape index (κ1) is 23.0. The van der Waals surface area contributed by atoms with Crippen LogP contribution in [0.1, 0.15) is 33.1 Å². The number of carbonyl (C=O) groups is 1. The molecule has 1 aliphatic heterocycles. The Morgan fingerprint density at radius 1 is 1.11 bits per heavy atom. The molecule has 5 rings (SSSR count). The van der Waals surface area contributed by atoms with Gasteiger partial charge in [0, 0.05) is 53.5 Å². The fourth-order valence-corrected chi connectivity index (χ4v) is 4.86. The molecule has 0 spiro atoms. The summed E-state index contributed by atoms with van der Waals surface area (Å²) in [5, 5.41) is 11.2. The minimum Gasteiger partial charge on any atom is -0.347 e. The third kappa shape index (κ3) is 4.51. The number of likely N-dealkylation sites (N-methyl/N-ethyl adjacent to an activating group) is 1. The number of rotatable bonds is 4. The summed E-state index contributed by atoms with van der Waals surface area (Å²) in [6, 6.07) is 14.1. The molecule has 4 aromatic rings. The summed E-state index contributed by atoms with van der Waals surface area (Å²) < 4.78 is 41.0. The minimum atomic E-state index is -4.46. The number of hydrogen-bond donors (Lipinski definition) is 2. The predicted octanol–water partition coefficient (Wildman–Crippen LogP) is 4.78. The van der Waals surface area contributed by atoms with Crippen molar-refractivity contribution in [2.75, 3.05) is 20.1 Å². The van der Waals surface area contributed by atoms with Crippen LogP contribution in [0.25, 0.3) is 22.2 Å². The topological polar surface area (TPSA) is 73.9 Å². The largest absolute Gasteiger partial charge is 0.416 e. The fourth-order valence-electron chi connectivity index (χ4n) is 4.86. The first-order chi connectivity index (χ1) is 16.7. The van der Waals surface area contributed by atoms with Gasteiger partial charge in [-0.2, -0.15) is 18.3 Å². The van der Waals surface area contributed by atoms with Gasteiger partial charge in [-0.25, -0.2) is 0 Å². The number of nitrogens with one attached hydrogen (secondary N) is 2. The van der Waals surface area contributed by atoms with Crippen LogP contribution in [-0.4, -0.2) is 52.2 Å². The Hall–Kier alpha value is -3.72. The van der Waals surface area contributed by atoms with Gasteiger partial charge in [-0.15, -0.1) is 0 Å². The van der Waals surface area contributed by atoms with Gasteiger partial charge in [0.15, 0.2) is 0 Å². The number of amides is 1. The van der Waals surface area contributed by atoms with E-state index in [9.17, 15) is 18.0 Å². The van der Waals surface area contributed by atoms with Crippen molar-refractivity contribution in [1.82, 2.24) is 25.4 Å². The predicted molar refractivity (Wildman–Crippen MR) is 127 cm³/mol. The van der Waals surface area contributed by atoms with E-state index in [1.807, 2.05) is 31.0 Å². The molecule has 35 heavy (non-hydrogen) atoms. The molecule has 1 saturated heterocycles. The van der Waals surface area contributed by atoms with Gasteiger partial charge in [-0.3, -0.25) is 14.9 Å². The molecule has 6 nitrogen and oxygen atoms in total. The Morgan fingerprint density at radius 2 is 1.91 bits per heavy atom. The number of fused-ring (bicyclic) bond motifs is 1. The summed E-state index contributed by atoms with van der Waals surface area (Å²) in [4.78, 5) is 19.4. The third-order valence-electron chi connectivity index (χ3n) is 6.48. The number of H-pyrrole nitrogens is 1. The minimum absolute atomic E-state index is 0.204. The maximum absolute atomic E-state index is 13.7. The second-order valence-electron chi connectivity index (χ2n) is 9.01. The maximum Gasteiger partial charge on any atom is 0.416 e. The Balaban J connectivity index is 1.44. The Bertz CT molecular complexity index is 1400. The number of aromatic amines is 1. The molecule has 0 saturated carbocycles. The molecule has 1 amide bonds. The summed E-state index contributed by atoms with van der Waals surface area (Å²) >= 11 is 0.